The molecule has 0 saturated carbocycles. The third-order valence-corrected chi connectivity index (χ3v) is 2.93. The van der Waals surface area contributed by atoms with E-state index in [-0.39, 0.29) is 0 Å². The number of hydrogen-bond donors (Lipinski definition) is 1. The molecule has 3 aromatic rings. The van der Waals surface area contributed by atoms with Crippen molar-refractivity contribution in [2.24, 2.45) is 0 Å². The van der Waals surface area contributed by atoms with E-state index in [1.165, 1.54) is 0 Å². The van der Waals surface area contributed by atoms with Crippen LogP contribution in [0.1, 0.15) is 0 Å². The van der Waals surface area contributed by atoms with Crippen molar-refractivity contribution < 1.29 is 4.74 Å². The summed E-state index contributed by atoms with van der Waals surface area (Å²) in [6.45, 7) is 0. The fourth-order valence-corrected chi connectivity index (χ4v) is 2.06. The molecule has 3 rings (SSSR count). The molecule has 0 fully saturated rings. The Bertz CT molecular complexity index is 708. The van der Waals surface area contributed by atoms with Gasteiger partial charge in [0, 0.05) is 6.07 Å². The number of aromatic amines is 1. The van der Waals surface area contributed by atoms with Crippen molar-refractivity contribution in [2.75, 3.05) is 7.11 Å². The van der Waals surface area contributed by atoms with Gasteiger partial charge in [-0.2, -0.15) is 0 Å². The van der Waals surface area contributed by atoms with Gasteiger partial charge in [-0.1, -0.05) is 17.7 Å². The molecule has 2 aromatic heterocycles. The maximum Gasteiger partial charge on any atom is 0.214 e. The highest BCUT2D eigenvalue weighted by molar-refractivity contribution is 6.29. The molecule has 0 radical (unpaired) electrons. The zero-order valence-electron chi connectivity index (χ0n) is 9.64. The molecular weight excluding hydrogens is 250 g/mol. The highest BCUT2D eigenvalue weighted by Gasteiger charge is 2.05. The average molecular weight is 260 g/mol. The molecule has 5 heteroatoms. The number of nitrogens with one attached hydrogen (secondary N) is 1. The third-order valence-electron chi connectivity index (χ3n) is 2.73. The molecule has 2 heterocycles. The number of aromatic nitrogens is 3. The number of benzene rings is 1. The summed E-state index contributed by atoms with van der Waals surface area (Å²) in [4.78, 5) is 11.3. The zero-order valence-corrected chi connectivity index (χ0v) is 10.4. The van der Waals surface area contributed by atoms with Crippen molar-refractivity contribution in [3.05, 3.63) is 41.8 Å². The summed E-state index contributed by atoms with van der Waals surface area (Å²) >= 11 is 5.96. The Morgan fingerprint density at radius 1 is 1.17 bits per heavy atom. The van der Waals surface area contributed by atoms with Crippen molar-refractivity contribution in [1.29, 1.82) is 0 Å². The van der Waals surface area contributed by atoms with E-state index in [9.17, 15) is 0 Å². The number of halogens is 1. The minimum atomic E-state index is 0.411. The summed E-state index contributed by atoms with van der Waals surface area (Å²) in [5.74, 6) is 0.502. The Labute approximate surface area is 109 Å². The number of rotatable bonds is 2. The molecular formula is C13H10ClN3O. The van der Waals surface area contributed by atoms with Crippen molar-refractivity contribution in [3.63, 3.8) is 0 Å². The molecule has 18 heavy (non-hydrogen) atoms. The normalized spacial score (nSPS) is 10.8. The Balaban J connectivity index is 2.15. The highest BCUT2D eigenvalue weighted by Crippen LogP contribution is 2.27. The van der Waals surface area contributed by atoms with Gasteiger partial charge in [0.1, 0.15) is 5.15 Å². The van der Waals surface area contributed by atoms with Gasteiger partial charge in [-0.3, -0.25) is 0 Å². The molecule has 0 spiro atoms. The topological polar surface area (TPSA) is 50.8 Å². The van der Waals surface area contributed by atoms with Crippen molar-refractivity contribution in [2.45, 2.75) is 0 Å². The predicted octanol–water partition coefficient (Wildman–Crippen LogP) is 3.29. The van der Waals surface area contributed by atoms with Crippen LogP contribution in [-0.4, -0.2) is 22.1 Å². The fraction of sp³-hybridized carbons (Fsp3) is 0.0769. The van der Waals surface area contributed by atoms with Gasteiger partial charge in [-0.15, -0.1) is 0 Å². The first-order chi connectivity index (χ1) is 8.76. The molecule has 0 aliphatic heterocycles. The van der Waals surface area contributed by atoms with Gasteiger partial charge in [-0.25, -0.2) is 9.97 Å². The van der Waals surface area contributed by atoms with Crippen molar-refractivity contribution in [1.82, 2.24) is 15.0 Å². The summed E-state index contributed by atoms with van der Waals surface area (Å²) in [7, 11) is 1.57. The Morgan fingerprint density at radius 3 is 2.89 bits per heavy atom. The van der Waals surface area contributed by atoms with E-state index in [4.69, 9.17) is 16.3 Å². The van der Waals surface area contributed by atoms with Crippen LogP contribution in [0.15, 0.2) is 36.7 Å². The predicted molar refractivity (Wildman–Crippen MR) is 70.9 cm³/mol. The molecule has 0 bridgehead atoms. The lowest BCUT2D eigenvalue weighted by Gasteiger charge is -2.05. The van der Waals surface area contributed by atoms with Gasteiger partial charge in [0.2, 0.25) is 5.88 Å². The highest BCUT2D eigenvalue weighted by atomic mass is 35.5. The van der Waals surface area contributed by atoms with E-state index in [0.29, 0.717) is 11.0 Å². The zero-order chi connectivity index (χ0) is 12.5. The number of imidazole rings is 1. The number of pyridine rings is 1. The van der Waals surface area contributed by atoms with Crippen molar-refractivity contribution >= 4 is 22.6 Å². The summed E-state index contributed by atoms with van der Waals surface area (Å²) < 4.78 is 5.11. The van der Waals surface area contributed by atoms with Crippen LogP contribution in [0.5, 0.6) is 5.88 Å². The minimum absolute atomic E-state index is 0.411. The summed E-state index contributed by atoms with van der Waals surface area (Å²) in [6, 6.07) is 9.63. The van der Waals surface area contributed by atoms with E-state index in [2.05, 4.69) is 15.0 Å². The number of ether oxygens (including phenoxy) is 1. The lowest BCUT2D eigenvalue weighted by Crippen LogP contribution is -1.89. The number of fused-ring (bicyclic) bond motifs is 1. The largest absolute Gasteiger partial charge is 0.481 e. The van der Waals surface area contributed by atoms with E-state index in [1.54, 1.807) is 13.4 Å². The van der Waals surface area contributed by atoms with Crippen LogP contribution < -0.4 is 4.74 Å². The molecule has 1 N–H and O–H groups in total. The summed E-state index contributed by atoms with van der Waals surface area (Å²) in [5, 5.41) is 0.411. The minimum Gasteiger partial charge on any atom is -0.481 e. The number of methoxy groups -OCH3 is 1. The summed E-state index contributed by atoms with van der Waals surface area (Å²) in [5.41, 5.74) is 3.92. The van der Waals surface area contributed by atoms with Gasteiger partial charge in [0.05, 0.1) is 24.5 Å². The maximum atomic E-state index is 5.96. The second kappa shape index (κ2) is 4.31. The van der Waals surface area contributed by atoms with Crippen LogP contribution in [0.2, 0.25) is 5.15 Å². The molecule has 0 atom stereocenters. The lowest BCUT2D eigenvalue weighted by atomic mass is 10.1. The molecule has 4 nitrogen and oxygen atoms in total. The van der Waals surface area contributed by atoms with Crippen LogP contribution in [0, 0.1) is 0 Å². The first-order valence-electron chi connectivity index (χ1n) is 5.41. The van der Waals surface area contributed by atoms with Crippen LogP contribution in [0.3, 0.4) is 0 Å². The SMILES string of the molecule is COc1cc(-c2ccc3nc[nH]c3c2)cc(Cl)n1. The average Bonchev–Trinajstić information content (AvgIpc) is 2.85. The standard InChI is InChI=1S/C13H10ClN3O/c1-18-13-6-9(5-12(14)17-13)8-2-3-10-11(4-8)16-7-15-10/h2-7H,1H3,(H,15,16). The number of nitrogens with zero attached hydrogens (tertiary/aromatic N) is 2. The second-order valence-electron chi connectivity index (χ2n) is 3.86. The smallest absolute Gasteiger partial charge is 0.214 e. The van der Waals surface area contributed by atoms with Gasteiger partial charge in [0.15, 0.2) is 0 Å². The maximum absolute atomic E-state index is 5.96. The monoisotopic (exact) mass is 259 g/mol. The first-order valence-corrected chi connectivity index (χ1v) is 5.79. The molecule has 90 valence electrons. The molecule has 0 amide bonds. The third kappa shape index (κ3) is 1.91. The fourth-order valence-electron chi connectivity index (χ4n) is 1.86. The van der Waals surface area contributed by atoms with E-state index < -0.39 is 0 Å². The number of hydrogen-bond acceptors (Lipinski definition) is 3. The summed E-state index contributed by atoms with van der Waals surface area (Å²) in [6.07, 6.45) is 1.68. The van der Waals surface area contributed by atoms with E-state index in [0.717, 1.165) is 22.2 Å². The van der Waals surface area contributed by atoms with Crippen LogP contribution >= 0.6 is 11.6 Å². The number of H-pyrrole nitrogens is 1. The molecule has 0 unspecified atom stereocenters. The van der Waals surface area contributed by atoms with Crippen LogP contribution in [0.25, 0.3) is 22.2 Å². The van der Waals surface area contributed by atoms with Gasteiger partial charge in [0.25, 0.3) is 0 Å². The van der Waals surface area contributed by atoms with E-state index >= 15 is 0 Å². The van der Waals surface area contributed by atoms with Crippen LogP contribution in [-0.2, 0) is 0 Å². The quantitative estimate of drug-likeness (QED) is 0.719. The van der Waals surface area contributed by atoms with Gasteiger partial charge < -0.3 is 9.72 Å². The molecule has 1 aromatic carbocycles. The van der Waals surface area contributed by atoms with Crippen LogP contribution in [0.4, 0.5) is 0 Å². The molecule has 0 aliphatic carbocycles. The first kappa shape index (κ1) is 11.0. The van der Waals surface area contributed by atoms with E-state index in [1.807, 2.05) is 30.3 Å². The van der Waals surface area contributed by atoms with Gasteiger partial charge >= 0.3 is 0 Å². The molecule has 0 saturated heterocycles. The Hall–Kier alpha value is -2.07. The van der Waals surface area contributed by atoms with Gasteiger partial charge in [-0.05, 0) is 29.3 Å². The lowest BCUT2D eigenvalue weighted by molar-refractivity contribution is 0.398. The van der Waals surface area contributed by atoms with Crippen molar-refractivity contribution in [3.8, 4) is 17.0 Å². The Morgan fingerprint density at radius 2 is 2.06 bits per heavy atom. The Kier molecular flexibility index (Phi) is 2.64. The molecule has 0 aliphatic rings. The second-order valence-corrected chi connectivity index (χ2v) is 4.24.